The molecule has 1 aromatic heterocycles. The predicted molar refractivity (Wildman–Crippen MR) is 73.8 cm³/mol. The molecule has 0 radical (unpaired) electrons. The zero-order valence-corrected chi connectivity index (χ0v) is 12.6. The van der Waals surface area contributed by atoms with Crippen molar-refractivity contribution in [3.05, 3.63) is 6.33 Å². The highest BCUT2D eigenvalue weighted by Gasteiger charge is 2.46. The first-order valence-corrected chi connectivity index (χ1v) is 7.54. The lowest BCUT2D eigenvalue weighted by Crippen LogP contribution is -2.39. The lowest BCUT2D eigenvalue weighted by atomic mass is 10.1. The fourth-order valence-electron chi connectivity index (χ4n) is 2.07. The smallest absolute Gasteiger partial charge is 0.343 e. The fraction of sp³-hybridized carbons (Fsp3) is 0.667. The molecule has 0 aliphatic carbocycles. The van der Waals surface area contributed by atoms with Crippen molar-refractivity contribution in [3.63, 3.8) is 0 Å². The molecule has 1 unspecified atom stereocenters. The number of amides is 1. The molecule has 21 heavy (non-hydrogen) atoms. The molecule has 0 saturated carbocycles. The summed E-state index contributed by atoms with van der Waals surface area (Å²) in [6, 6.07) is 0.176. The minimum Gasteiger partial charge on any atom is -0.479 e. The molecule has 1 N–H and O–H groups in total. The number of alkyl halides is 1. The highest BCUT2D eigenvalue weighted by Crippen LogP contribution is 2.27. The standard InChI is InChI=1S/C12H17FN4O3S/c1-8(2)17-7-14-15-11(17)21-5-9(18)16-4-3-12(13,6-16)10(19)20/h7-8H,3-6H2,1-2H3,(H,19,20). The van der Waals surface area contributed by atoms with Gasteiger partial charge in [0.1, 0.15) is 6.33 Å². The number of halogens is 1. The Labute approximate surface area is 125 Å². The lowest BCUT2D eigenvalue weighted by Gasteiger charge is -2.17. The molecule has 7 nitrogen and oxygen atoms in total. The number of carboxylic acids is 1. The van der Waals surface area contributed by atoms with Crippen molar-refractivity contribution in [2.45, 2.75) is 37.1 Å². The second kappa shape index (κ2) is 6.00. The van der Waals surface area contributed by atoms with Crippen LogP contribution in [0.3, 0.4) is 0 Å². The molecule has 2 rings (SSSR count). The summed E-state index contributed by atoms with van der Waals surface area (Å²) in [6.07, 6.45) is 1.42. The molecule has 1 aliphatic rings. The topological polar surface area (TPSA) is 88.3 Å². The van der Waals surface area contributed by atoms with Gasteiger partial charge < -0.3 is 14.6 Å². The number of carboxylic acid groups (broad SMARTS) is 1. The van der Waals surface area contributed by atoms with E-state index in [0.717, 1.165) is 0 Å². The van der Waals surface area contributed by atoms with Gasteiger partial charge in [-0.2, -0.15) is 0 Å². The molecule has 0 aromatic carbocycles. The van der Waals surface area contributed by atoms with Gasteiger partial charge in [-0.15, -0.1) is 10.2 Å². The van der Waals surface area contributed by atoms with Gasteiger partial charge in [0.05, 0.1) is 12.3 Å². The maximum absolute atomic E-state index is 13.9. The van der Waals surface area contributed by atoms with Crippen LogP contribution >= 0.6 is 11.8 Å². The van der Waals surface area contributed by atoms with Crippen LogP contribution in [-0.2, 0) is 9.59 Å². The van der Waals surface area contributed by atoms with E-state index < -0.39 is 18.2 Å². The van der Waals surface area contributed by atoms with E-state index in [2.05, 4.69) is 10.2 Å². The number of nitrogens with zero attached hydrogens (tertiary/aromatic N) is 4. The molecule has 1 aliphatic heterocycles. The normalized spacial score (nSPS) is 22.0. The van der Waals surface area contributed by atoms with Gasteiger partial charge in [0.2, 0.25) is 11.6 Å². The minimum atomic E-state index is -2.32. The highest BCUT2D eigenvalue weighted by atomic mass is 32.2. The van der Waals surface area contributed by atoms with E-state index >= 15 is 0 Å². The first-order chi connectivity index (χ1) is 9.83. The monoisotopic (exact) mass is 316 g/mol. The van der Waals surface area contributed by atoms with Crippen molar-refractivity contribution in [3.8, 4) is 0 Å². The molecule has 2 heterocycles. The Balaban J connectivity index is 1.91. The molecule has 1 fully saturated rings. The summed E-state index contributed by atoms with van der Waals surface area (Å²) < 4.78 is 15.7. The van der Waals surface area contributed by atoms with Crippen LogP contribution in [0.2, 0.25) is 0 Å². The van der Waals surface area contributed by atoms with Crippen LogP contribution in [0.1, 0.15) is 26.3 Å². The van der Waals surface area contributed by atoms with Crippen LogP contribution in [-0.4, -0.2) is 61.2 Å². The Morgan fingerprint density at radius 1 is 1.57 bits per heavy atom. The van der Waals surface area contributed by atoms with Gasteiger partial charge in [-0.1, -0.05) is 11.8 Å². The van der Waals surface area contributed by atoms with E-state index in [-0.39, 0.29) is 30.7 Å². The molecule has 1 aromatic rings. The number of aromatic nitrogens is 3. The Morgan fingerprint density at radius 3 is 2.86 bits per heavy atom. The molecule has 1 atom stereocenters. The van der Waals surface area contributed by atoms with E-state index in [4.69, 9.17) is 5.11 Å². The number of hydrogen-bond acceptors (Lipinski definition) is 5. The summed E-state index contributed by atoms with van der Waals surface area (Å²) in [5.74, 6) is -1.72. The van der Waals surface area contributed by atoms with E-state index in [0.29, 0.717) is 5.16 Å². The number of hydrogen-bond donors (Lipinski definition) is 1. The van der Waals surface area contributed by atoms with Crippen molar-refractivity contribution in [1.29, 1.82) is 0 Å². The van der Waals surface area contributed by atoms with Gasteiger partial charge in [0.25, 0.3) is 0 Å². The SMILES string of the molecule is CC(C)n1cnnc1SCC(=O)N1CCC(F)(C(=O)O)C1. The first kappa shape index (κ1) is 15.7. The second-order valence-electron chi connectivity index (χ2n) is 5.24. The van der Waals surface area contributed by atoms with Gasteiger partial charge in [0.15, 0.2) is 5.16 Å². The van der Waals surface area contributed by atoms with Crippen LogP contribution in [0.15, 0.2) is 11.5 Å². The molecule has 0 spiro atoms. The summed E-state index contributed by atoms with van der Waals surface area (Å²) in [5, 5.41) is 17.1. The van der Waals surface area contributed by atoms with E-state index in [1.165, 1.54) is 16.7 Å². The van der Waals surface area contributed by atoms with Crippen molar-refractivity contribution >= 4 is 23.6 Å². The van der Waals surface area contributed by atoms with Gasteiger partial charge >= 0.3 is 5.97 Å². The maximum atomic E-state index is 13.9. The molecule has 1 saturated heterocycles. The summed E-state index contributed by atoms with van der Waals surface area (Å²) in [6.45, 7) is 3.68. The van der Waals surface area contributed by atoms with Crippen LogP contribution in [0.4, 0.5) is 4.39 Å². The molecule has 116 valence electrons. The average Bonchev–Trinajstić information content (AvgIpc) is 3.03. The maximum Gasteiger partial charge on any atom is 0.343 e. The molecular weight excluding hydrogens is 299 g/mol. The van der Waals surface area contributed by atoms with Crippen LogP contribution < -0.4 is 0 Å². The summed E-state index contributed by atoms with van der Waals surface area (Å²) in [4.78, 5) is 24.1. The largest absolute Gasteiger partial charge is 0.479 e. The van der Waals surface area contributed by atoms with Crippen LogP contribution in [0.25, 0.3) is 0 Å². The van der Waals surface area contributed by atoms with E-state index in [1.807, 2.05) is 18.4 Å². The third kappa shape index (κ3) is 3.34. The Hall–Kier alpha value is -1.64. The number of aliphatic carboxylic acids is 1. The quantitative estimate of drug-likeness (QED) is 0.815. The summed E-state index contributed by atoms with van der Waals surface area (Å²) in [5.41, 5.74) is -2.32. The van der Waals surface area contributed by atoms with Gasteiger partial charge in [0, 0.05) is 19.0 Å². The number of thioether (sulfide) groups is 1. The minimum absolute atomic E-state index is 0.0844. The third-order valence-corrected chi connectivity index (χ3v) is 4.32. The van der Waals surface area contributed by atoms with Gasteiger partial charge in [-0.25, -0.2) is 9.18 Å². The number of likely N-dealkylation sites (tertiary alicyclic amines) is 1. The first-order valence-electron chi connectivity index (χ1n) is 6.56. The Bertz CT molecular complexity index is 550. The molecular formula is C12H17FN4O3S. The van der Waals surface area contributed by atoms with Crippen molar-refractivity contribution < 1.29 is 19.1 Å². The zero-order chi connectivity index (χ0) is 15.6. The molecule has 0 bridgehead atoms. The number of rotatable bonds is 5. The average molecular weight is 316 g/mol. The molecule has 9 heteroatoms. The van der Waals surface area contributed by atoms with Crippen LogP contribution in [0.5, 0.6) is 0 Å². The third-order valence-electron chi connectivity index (χ3n) is 3.38. The van der Waals surface area contributed by atoms with E-state index in [1.54, 1.807) is 6.33 Å². The fourth-order valence-corrected chi connectivity index (χ4v) is 3.01. The Morgan fingerprint density at radius 2 is 2.29 bits per heavy atom. The molecule has 1 amide bonds. The lowest BCUT2D eigenvalue weighted by molar-refractivity contribution is -0.150. The summed E-state index contributed by atoms with van der Waals surface area (Å²) >= 11 is 1.21. The second-order valence-corrected chi connectivity index (χ2v) is 6.18. The van der Waals surface area contributed by atoms with E-state index in [9.17, 15) is 14.0 Å². The van der Waals surface area contributed by atoms with Crippen molar-refractivity contribution in [2.75, 3.05) is 18.8 Å². The van der Waals surface area contributed by atoms with Crippen molar-refractivity contribution in [2.24, 2.45) is 0 Å². The highest BCUT2D eigenvalue weighted by molar-refractivity contribution is 7.99. The van der Waals surface area contributed by atoms with Gasteiger partial charge in [-0.3, -0.25) is 4.79 Å². The van der Waals surface area contributed by atoms with Gasteiger partial charge in [-0.05, 0) is 13.8 Å². The predicted octanol–water partition coefficient (Wildman–Crippen LogP) is 0.976. The zero-order valence-electron chi connectivity index (χ0n) is 11.8. The summed E-state index contributed by atoms with van der Waals surface area (Å²) in [7, 11) is 0. The van der Waals surface area contributed by atoms with Crippen LogP contribution in [0, 0.1) is 0 Å². The van der Waals surface area contributed by atoms with Crippen molar-refractivity contribution in [1.82, 2.24) is 19.7 Å². The Kier molecular flexibility index (Phi) is 4.50. The number of carbonyl (C=O) groups excluding carboxylic acids is 1. The number of carbonyl (C=O) groups is 2.